The molecule has 0 unspecified atom stereocenters. The summed E-state index contributed by atoms with van der Waals surface area (Å²) in [5.74, 6) is -0.842. The Hall–Kier alpha value is -2.03. The molecule has 2 nitrogen and oxygen atoms in total. The molecular weight excluding hydrogens is 267 g/mol. The molecule has 21 heavy (non-hydrogen) atoms. The molecule has 2 rings (SSSR count). The number of rotatable bonds is 3. The number of phenolic OH excluding ortho intramolecular Hbond substituents is 2. The van der Waals surface area contributed by atoms with Crippen molar-refractivity contribution in [2.45, 2.75) is 33.1 Å². The summed E-state index contributed by atoms with van der Waals surface area (Å²) in [6.45, 7) is 8.70. The Morgan fingerprint density at radius 3 is 2.10 bits per heavy atom. The second kappa shape index (κ2) is 5.40. The lowest BCUT2D eigenvalue weighted by Crippen LogP contribution is -2.24. The van der Waals surface area contributed by atoms with Gasteiger partial charge in [0.2, 0.25) is 0 Å². The topological polar surface area (TPSA) is 40.5 Å². The molecule has 2 N–H and O–H groups in total. The molecule has 0 aromatic heterocycles. The Morgan fingerprint density at radius 2 is 1.57 bits per heavy atom. The van der Waals surface area contributed by atoms with Crippen molar-refractivity contribution in [1.29, 1.82) is 0 Å². The van der Waals surface area contributed by atoms with E-state index < -0.39 is 11.6 Å². The first-order chi connectivity index (χ1) is 9.73. The van der Waals surface area contributed by atoms with Crippen molar-refractivity contribution in [2.75, 3.05) is 0 Å². The van der Waals surface area contributed by atoms with Crippen LogP contribution in [0.25, 0.3) is 11.1 Å². The minimum atomic E-state index is -0.577. The molecule has 0 atom stereocenters. The van der Waals surface area contributed by atoms with Gasteiger partial charge in [0, 0.05) is 11.6 Å². The van der Waals surface area contributed by atoms with Crippen LogP contribution in [0.5, 0.6) is 11.5 Å². The molecule has 0 aliphatic heterocycles. The van der Waals surface area contributed by atoms with E-state index in [0.717, 1.165) is 6.07 Å². The number of benzene rings is 2. The van der Waals surface area contributed by atoms with Crippen LogP contribution in [-0.2, 0) is 5.41 Å². The highest BCUT2D eigenvalue weighted by Crippen LogP contribution is 2.38. The molecule has 0 aliphatic rings. The normalized spacial score (nSPS) is 11.9. The van der Waals surface area contributed by atoms with Gasteiger partial charge in [-0.2, -0.15) is 0 Å². The van der Waals surface area contributed by atoms with Crippen LogP contribution in [0.3, 0.4) is 0 Å². The van der Waals surface area contributed by atoms with Gasteiger partial charge in [0.1, 0.15) is 5.82 Å². The molecular formula is C18H21FO2. The van der Waals surface area contributed by atoms with Crippen LogP contribution in [0.2, 0.25) is 0 Å². The van der Waals surface area contributed by atoms with Crippen LogP contribution < -0.4 is 0 Å². The molecule has 0 heterocycles. The van der Waals surface area contributed by atoms with Crippen molar-refractivity contribution < 1.29 is 14.6 Å². The third-order valence-electron chi connectivity index (χ3n) is 4.44. The molecule has 2 aromatic rings. The van der Waals surface area contributed by atoms with E-state index in [0.29, 0.717) is 17.0 Å². The van der Waals surface area contributed by atoms with Gasteiger partial charge in [-0.15, -0.1) is 0 Å². The fourth-order valence-electron chi connectivity index (χ4n) is 2.22. The Bertz CT molecular complexity index is 643. The second-order valence-corrected chi connectivity index (χ2v) is 6.27. The van der Waals surface area contributed by atoms with Crippen molar-refractivity contribution in [3.05, 3.63) is 47.8 Å². The number of phenols is 2. The maximum Gasteiger partial charge on any atom is 0.165 e. The summed E-state index contributed by atoms with van der Waals surface area (Å²) in [5.41, 5.74) is 2.18. The highest BCUT2D eigenvalue weighted by molar-refractivity contribution is 5.73. The fourth-order valence-corrected chi connectivity index (χ4v) is 2.22. The zero-order chi connectivity index (χ0) is 15.8. The predicted molar refractivity (Wildman–Crippen MR) is 83.0 cm³/mol. The fraction of sp³-hybridized carbons (Fsp3) is 0.333. The molecule has 0 fully saturated rings. The van der Waals surface area contributed by atoms with E-state index >= 15 is 0 Å². The summed E-state index contributed by atoms with van der Waals surface area (Å²) < 4.78 is 13.4. The molecule has 2 aromatic carbocycles. The van der Waals surface area contributed by atoms with E-state index in [1.807, 2.05) is 24.3 Å². The first kappa shape index (κ1) is 15.4. The van der Waals surface area contributed by atoms with Crippen molar-refractivity contribution >= 4 is 0 Å². The zero-order valence-electron chi connectivity index (χ0n) is 12.8. The summed E-state index contributed by atoms with van der Waals surface area (Å²) >= 11 is 0. The van der Waals surface area contributed by atoms with E-state index in [2.05, 4.69) is 27.7 Å². The Morgan fingerprint density at radius 1 is 1.00 bits per heavy atom. The van der Waals surface area contributed by atoms with Crippen molar-refractivity contribution in [1.82, 2.24) is 0 Å². The highest BCUT2D eigenvalue weighted by atomic mass is 19.1. The van der Waals surface area contributed by atoms with E-state index in [1.54, 1.807) is 0 Å². The number of aromatic hydroxyl groups is 2. The Kier molecular flexibility index (Phi) is 3.95. The van der Waals surface area contributed by atoms with Gasteiger partial charge in [0.25, 0.3) is 0 Å². The van der Waals surface area contributed by atoms with Gasteiger partial charge in [-0.25, -0.2) is 4.39 Å². The van der Waals surface area contributed by atoms with E-state index in [4.69, 9.17) is 0 Å². The predicted octanol–water partition coefficient (Wildman–Crippen LogP) is 4.84. The molecule has 0 radical (unpaired) electrons. The molecule has 0 aliphatic carbocycles. The van der Waals surface area contributed by atoms with Crippen LogP contribution >= 0.6 is 0 Å². The molecule has 112 valence electrons. The minimum absolute atomic E-state index is 0.0324. The summed E-state index contributed by atoms with van der Waals surface area (Å²) in [5, 5.41) is 19.4. The van der Waals surface area contributed by atoms with Gasteiger partial charge < -0.3 is 10.2 Å². The monoisotopic (exact) mass is 288 g/mol. The van der Waals surface area contributed by atoms with Gasteiger partial charge in [-0.1, -0.05) is 52.0 Å². The van der Waals surface area contributed by atoms with Crippen LogP contribution in [0.1, 0.15) is 33.3 Å². The number of hydrogen-bond donors (Lipinski definition) is 2. The van der Waals surface area contributed by atoms with E-state index in [1.165, 1.54) is 11.6 Å². The summed E-state index contributed by atoms with van der Waals surface area (Å²) in [7, 11) is 0. The van der Waals surface area contributed by atoms with Gasteiger partial charge in [0.05, 0.1) is 0 Å². The van der Waals surface area contributed by atoms with Crippen molar-refractivity contribution in [3.8, 4) is 22.6 Å². The summed E-state index contributed by atoms with van der Waals surface area (Å²) in [4.78, 5) is 0. The third kappa shape index (κ3) is 2.87. The van der Waals surface area contributed by atoms with Crippen molar-refractivity contribution in [3.63, 3.8) is 0 Å². The quantitative estimate of drug-likeness (QED) is 0.794. The zero-order valence-corrected chi connectivity index (χ0v) is 12.8. The molecule has 0 saturated heterocycles. The van der Waals surface area contributed by atoms with Gasteiger partial charge in [-0.3, -0.25) is 0 Å². The SMILES string of the molecule is CC(C)C(C)(C)c1ccc(-c2cc(F)cc(O)c2O)cc1. The van der Waals surface area contributed by atoms with Crippen LogP contribution in [0.15, 0.2) is 36.4 Å². The van der Waals surface area contributed by atoms with Gasteiger partial charge >= 0.3 is 0 Å². The second-order valence-electron chi connectivity index (χ2n) is 6.27. The third-order valence-corrected chi connectivity index (χ3v) is 4.44. The van der Waals surface area contributed by atoms with E-state index in [9.17, 15) is 14.6 Å². The average Bonchev–Trinajstić information content (AvgIpc) is 2.42. The summed E-state index contributed by atoms with van der Waals surface area (Å²) in [6.07, 6.45) is 0. The molecule has 3 heteroatoms. The van der Waals surface area contributed by atoms with E-state index in [-0.39, 0.29) is 11.2 Å². The number of hydrogen-bond acceptors (Lipinski definition) is 2. The molecule has 0 saturated carbocycles. The maximum atomic E-state index is 13.4. The lowest BCUT2D eigenvalue weighted by Gasteiger charge is -2.30. The Balaban J connectivity index is 2.45. The highest BCUT2D eigenvalue weighted by Gasteiger charge is 2.24. The minimum Gasteiger partial charge on any atom is -0.504 e. The van der Waals surface area contributed by atoms with Crippen LogP contribution in [-0.4, -0.2) is 10.2 Å². The van der Waals surface area contributed by atoms with Crippen LogP contribution in [0, 0.1) is 11.7 Å². The first-order valence-corrected chi connectivity index (χ1v) is 7.06. The first-order valence-electron chi connectivity index (χ1n) is 7.06. The maximum absolute atomic E-state index is 13.4. The molecule has 0 spiro atoms. The standard InChI is InChI=1S/C18H21FO2/c1-11(2)18(3,4)13-7-5-12(6-8-13)15-9-14(19)10-16(20)17(15)21/h5-11,20-21H,1-4H3. The Labute approximate surface area is 124 Å². The van der Waals surface area contributed by atoms with Gasteiger partial charge in [0.15, 0.2) is 11.5 Å². The smallest absolute Gasteiger partial charge is 0.165 e. The average molecular weight is 288 g/mol. The molecule has 0 bridgehead atoms. The lowest BCUT2D eigenvalue weighted by atomic mass is 9.75. The lowest BCUT2D eigenvalue weighted by molar-refractivity contribution is 0.372. The molecule has 0 amide bonds. The van der Waals surface area contributed by atoms with Gasteiger partial charge in [-0.05, 0) is 28.5 Å². The summed E-state index contributed by atoms with van der Waals surface area (Å²) in [6, 6.07) is 9.76. The largest absolute Gasteiger partial charge is 0.504 e. The van der Waals surface area contributed by atoms with Crippen molar-refractivity contribution in [2.24, 2.45) is 5.92 Å². The number of halogens is 1. The van der Waals surface area contributed by atoms with Crippen LogP contribution in [0.4, 0.5) is 4.39 Å².